The molecular weight excluding hydrogens is 154 g/mol. The van der Waals surface area contributed by atoms with Crippen LogP contribution in [-0.4, -0.2) is 25.0 Å². The number of carbonyl (C=O) groups is 1. The average molecular weight is 165 g/mol. The van der Waals surface area contributed by atoms with E-state index < -0.39 is 0 Å². The van der Waals surface area contributed by atoms with Gasteiger partial charge in [0.05, 0.1) is 6.07 Å². The Bertz CT molecular complexity index is 250. The zero-order valence-electron chi connectivity index (χ0n) is 6.76. The molecule has 2 aliphatic rings. The van der Waals surface area contributed by atoms with Crippen LogP contribution in [0.15, 0.2) is 0 Å². The van der Waals surface area contributed by atoms with E-state index in [1.54, 1.807) is 0 Å². The van der Waals surface area contributed by atoms with E-state index in [4.69, 9.17) is 5.26 Å². The minimum atomic E-state index is -0.278. The number of amides is 1. The molecule has 64 valence electrons. The molecule has 2 saturated heterocycles. The molecule has 0 bridgehead atoms. The maximum absolute atomic E-state index is 11.1. The summed E-state index contributed by atoms with van der Waals surface area (Å²) in [5, 5.41) is 14.7. The molecule has 0 saturated carbocycles. The van der Waals surface area contributed by atoms with E-state index in [0.29, 0.717) is 6.42 Å². The van der Waals surface area contributed by atoms with Gasteiger partial charge in [0.2, 0.25) is 5.91 Å². The molecule has 1 amide bonds. The Morgan fingerprint density at radius 3 is 3.08 bits per heavy atom. The summed E-state index contributed by atoms with van der Waals surface area (Å²) in [4.78, 5) is 11.1. The molecule has 2 N–H and O–H groups in total. The maximum Gasteiger partial charge on any atom is 0.221 e. The van der Waals surface area contributed by atoms with Crippen LogP contribution in [0.4, 0.5) is 0 Å². The van der Waals surface area contributed by atoms with Crippen molar-refractivity contribution in [3.63, 3.8) is 0 Å². The lowest BCUT2D eigenvalue weighted by molar-refractivity contribution is -0.119. The molecule has 4 nitrogen and oxygen atoms in total. The van der Waals surface area contributed by atoms with E-state index >= 15 is 0 Å². The number of nitriles is 1. The fourth-order valence-corrected chi connectivity index (χ4v) is 2.12. The Morgan fingerprint density at radius 2 is 2.50 bits per heavy atom. The summed E-state index contributed by atoms with van der Waals surface area (Å²) < 4.78 is 0. The van der Waals surface area contributed by atoms with Gasteiger partial charge >= 0.3 is 0 Å². The van der Waals surface area contributed by atoms with E-state index in [2.05, 4.69) is 16.7 Å². The lowest BCUT2D eigenvalue weighted by Gasteiger charge is -2.22. The number of hydrogen-bond donors (Lipinski definition) is 2. The molecule has 0 aromatic rings. The SMILES string of the molecule is N#C[C@@H]1NC(=O)CC12CCNC2. The van der Waals surface area contributed by atoms with Crippen LogP contribution in [0.1, 0.15) is 12.8 Å². The van der Waals surface area contributed by atoms with E-state index in [1.807, 2.05) is 0 Å². The van der Waals surface area contributed by atoms with E-state index in [9.17, 15) is 4.79 Å². The number of hydrogen-bond acceptors (Lipinski definition) is 3. The van der Waals surface area contributed by atoms with Crippen molar-refractivity contribution in [1.82, 2.24) is 10.6 Å². The lowest BCUT2D eigenvalue weighted by atomic mass is 9.80. The minimum Gasteiger partial charge on any atom is -0.340 e. The van der Waals surface area contributed by atoms with E-state index in [-0.39, 0.29) is 17.4 Å². The van der Waals surface area contributed by atoms with E-state index in [0.717, 1.165) is 19.5 Å². The van der Waals surface area contributed by atoms with Crippen LogP contribution >= 0.6 is 0 Å². The van der Waals surface area contributed by atoms with Gasteiger partial charge in [0.15, 0.2) is 0 Å². The second-order valence-corrected chi connectivity index (χ2v) is 3.60. The van der Waals surface area contributed by atoms with Gasteiger partial charge in [-0.2, -0.15) is 5.26 Å². The highest BCUT2D eigenvalue weighted by atomic mass is 16.2. The molecule has 0 radical (unpaired) electrons. The standard InChI is InChI=1S/C8H11N3O/c9-4-6-8(1-2-10-5-8)3-7(12)11-6/h6,10H,1-3,5H2,(H,11,12)/t6-,8?/m0/s1. The largest absolute Gasteiger partial charge is 0.340 e. The van der Waals surface area contributed by atoms with Crippen LogP contribution < -0.4 is 10.6 Å². The fourth-order valence-electron chi connectivity index (χ4n) is 2.12. The number of rotatable bonds is 0. The quantitative estimate of drug-likeness (QED) is 0.502. The zero-order chi connectivity index (χ0) is 8.60. The van der Waals surface area contributed by atoms with Crippen molar-refractivity contribution in [1.29, 1.82) is 5.26 Å². The van der Waals surface area contributed by atoms with Crippen LogP contribution in [0.5, 0.6) is 0 Å². The highest BCUT2D eigenvalue weighted by Crippen LogP contribution is 2.37. The maximum atomic E-state index is 11.1. The first-order valence-corrected chi connectivity index (χ1v) is 4.17. The van der Waals surface area contributed by atoms with Gasteiger partial charge in [-0.25, -0.2) is 0 Å². The van der Waals surface area contributed by atoms with Gasteiger partial charge in [-0.3, -0.25) is 4.79 Å². The van der Waals surface area contributed by atoms with Crippen LogP contribution in [0.2, 0.25) is 0 Å². The molecule has 2 aliphatic heterocycles. The third-order valence-electron chi connectivity index (χ3n) is 2.84. The van der Waals surface area contributed by atoms with E-state index in [1.165, 1.54) is 0 Å². The third-order valence-corrected chi connectivity index (χ3v) is 2.84. The van der Waals surface area contributed by atoms with Crippen molar-refractivity contribution in [2.24, 2.45) is 5.41 Å². The summed E-state index contributed by atoms with van der Waals surface area (Å²) in [7, 11) is 0. The number of nitrogens with zero attached hydrogens (tertiary/aromatic N) is 1. The van der Waals surface area contributed by atoms with Crippen LogP contribution in [-0.2, 0) is 4.79 Å². The molecule has 12 heavy (non-hydrogen) atoms. The molecule has 0 aliphatic carbocycles. The van der Waals surface area contributed by atoms with Gasteiger partial charge in [-0.05, 0) is 13.0 Å². The molecule has 2 heterocycles. The van der Waals surface area contributed by atoms with Gasteiger partial charge in [0.25, 0.3) is 0 Å². The monoisotopic (exact) mass is 165 g/mol. The summed E-state index contributed by atoms with van der Waals surface area (Å²) in [6, 6.07) is 1.88. The van der Waals surface area contributed by atoms with Gasteiger partial charge in [-0.1, -0.05) is 0 Å². The summed E-state index contributed by atoms with van der Waals surface area (Å²) in [6.07, 6.45) is 1.45. The van der Waals surface area contributed by atoms with Crippen LogP contribution in [0, 0.1) is 16.7 Å². The van der Waals surface area contributed by atoms with Gasteiger partial charge in [-0.15, -0.1) is 0 Å². The first kappa shape index (κ1) is 7.56. The Balaban J connectivity index is 2.24. The van der Waals surface area contributed by atoms with Crippen molar-refractivity contribution >= 4 is 5.91 Å². The summed E-state index contributed by atoms with van der Waals surface area (Å²) in [6.45, 7) is 1.72. The number of carbonyl (C=O) groups excluding carboxylic acids is 1. The molecule has 0 aromatic heterocycles. The van der Waals surface area contributed by atoms with Crippen LogP contribution in [0.25, 0.3) is 0 Å². The van der Waals surface area contributed by atoms with Crippen molar-refractivity contribution in [3.8, 4) is 6.07 Å². The van der Waals surface area contributed by atoms with Gasteiger partial charge in [0.1, 0.15) is 6.04 Å². The lowest BCUT2D eigenvalue weighted by Crippen LogP contribution is -2.37. The highest BCUT2D eigenvalue weighted by molar-refractivity contribution is 5.80. The molecule has 1 spiro atoms. The second kappa shape index (κ2) is 2.46. The topological polar surface area (TPSA) is 64.9 Å². The summed E-state index contributed by atoms with van der Waals surface area (Å²) >= 11 is 0. The fraction of sp³-hybridized carbons (Fsp3) is 0.750. The van der Waals surface area contributed by atoms with Gasteiger partial charge in [0, 0.05) is 18.4 Å². The first-order valence-electron chi connectivity index (χ1n) is 4.17. The molecule has 1 unspecified atom stereocenters. The highest BCUT2D eigenvalue weighted by Gasteiger charge is 2.48. The van der Waals surface area contributed by atoms with Crippen molar-refractivity contribution in [2.45, 2.75) is 18.9 Å². The second-order valence-electron chi connectivity index (χ2n) is 3.60. The van der Waals surface area contributed by atoms with Gasteiger partial charge < -0.3 is 10.6 Å². The average Bonchev–Trinajstić information content (AvgIpc) is 2.60. The Hall–Kier alpha value is -1.08. The smallest absolute Gasteiger partial charge is 0.221 e. The molecular formula is C8H11N3O. The zero-order valence-corrected chi connectivity index (χ0v) is 6.76. The molecule has 2 rings (SSSR count). The predicted octanol–water partition coefficient (Wildman–Crippen LogP) is -0.622. The van der Waals surface area contributed by atoms with Crippen molar-refractivity contribution in [2.75, 3.05) is 13.1 Å². The molecule has 2 atom stereocenters. The summed E-state index contributed by atoms with van der Waals surface area (Å²) in [5.74, 6) is 0.0188. The Kier molecular flexibility index (Phi) is 1.55. The molecule has 2 fully saturated rings. The molecule has 0 aromatic carbocycles. The predicted molar refractivity (Wildman–Crippen MR) is 42.1 cm³/mol. The van der Waals surface area contributed by atoms with Crippen LogP contribution in [0.3, 0.4) is 0 Å². The van der Waals surface area contributed by atoms with Crippen molar-refractivity contribution in [3.05, 3.63) is 0 Å². The third kappa shape index (κ3) is 0.901. The van der Waals surface area contributed by atoms with Crippen molar-refractivity contribution < 1.29 is 4.79 Å². The summed E-state index contributed by atoms with van der Waals surface area (Å²) in [5.41, 5.74) is -0.105. The first-order chi connectivity index (χ1) is 5.77. The normalized spacial score (nSPS) is 39.9. The molecule has 4 heteroatoms. The Morgan fingerprint density at radius 1 is 1.67 bits per heavy atom. The number of nitrogens with one attached hydrogen (secondary N) is 2. The Labute approximate surface area is 70.9 Å². The minimum absolute atomic E-state index is 0.0188.